The summed E-state index contributed by atoms with van der Waals surface area (Å²) in [7, 11) is -1.53. The summed E-state index contributed by atoms with van der Waals surface area (Å²) in [6.07, 6.45) is 3.02. The summed E-state index contributed by atoms with van der Waals surface area (Å²) in [4.78, 5) is 11.1. The van der Waals surface area contributed by atoms with Gasteiger partial charge in [0.05, 0.1) is 16.5 Å². The molecule has 0 amide bonds. The third-order valence-electron chi connectivity index (χ3n) is 2.71. The van der Waals surface area contributed by atoms with Crippen LogP contribution in [0.3, 0.4) is 0 Å². The summed E-state index contributed by atoms with van der Waals surface area (Å²) in [5, 5.41) is 0.349. The number of aromatic nitrogens is 3. The number of hydrogen-bond donors (Lipinski definition) is 1. The van der Waals surface area contributed by atoms with Crippen LogP contribution in [-0.2, 0) is 16.2 Å². The quantitative estimate of drug-likeness (QED) is 0.865. The third kappa shape index (κ3) is 2.91. The molecule has 2 rings (SSSR count). The lowest BCUT2D eigenvalue weighted by Crippen LogP contribution is -2.19. The van der Waals surface area contributed by atoms with Crippen molar-refractivity contribution in [3.8, 4) is 11.4 Å². The Bertz CT molecular complexity index is 679. The van der Waals surface area contributed by atoms with Gasteiger partial charge in [-0.25, -0.2) is 14.4 Å². The number of nitrogens with zero attached hydrogens (tertiary/aromatic N) is 2. The van der Waals surface area contributed by atoms with E-state index < -0.39 is 22.0 Å². The van der Waals surface area contributed by atoms with Crippen LogP contribution in [0.25, 0.3) is 11.4 Å². The molecule has 0 saturated carbocycles. The molecule has 2 aromatic rings. The fourth-order valence-corrected chi connectivity index (χ4v) is 2.47. The molecule has 0 aromatic carbocycles. The molecular formula is C13H15ClFN3OS. The van der Waals surface area contributed by atoms with E-state index >= 15 is 0 Å². The van der Waals surface area contributed by atoms with E-state index in [0.29, 0.717) is 16.5 Å². The Morgan fingerprint density at radius 1 is 1.35 bits per heavy atom. The van der Waals surface area contributed by atoms with Crippen molar-refractivity contribution >= 4 is 22.4 Å². The summed E-state index contributed by atoms with van der Waals surface area (Å²) >= 11 is 5.83. The zero-order chi connectivity index (χ0) is 15.1. The van der Waals surface area contributed by atoms with Gasteiger partial charge >= 0.3 is 0 Å². The lowest BCUT2D eigenvalue weighted by molar-refractivity contribution is 0.479. The maximum absolute atomic E-state index is 14.4. The van der Waals surface area contributed by atoms with Gasteiger partial charge in [0.1, 0.15) is 5.15 Å². The number of nitrogens with one attached hydrogen (secondary N) is 1. The Morgan fingerprint density at radius 3 is 2.45 bits per heavy atom. The maximum atomic E-state index is 14.4. The van der Waals surface area contributed by atoms with Crippen LogP contribution in [0.2, 0.25) is 5.15 Å². The molecular weight excluding hydrogens is 301 g/mol. The summed E-state index contributed by atoms with van der Waals surface area (Å²) in [5.41, 5.74) is 0.355. The molecule has 0 aliphatic heterocycles. The molecule has 20 heavy (non-hydrogen) atoms. The highest BCUT2D eigenvalue weighted by molar-refractivity contribution is 7.84. The molecule has 4 nitrogen and oxygen atoms in total. The Kier molecular flexibility index (Phi) is 3.97. The minimum atomic E-state index is -1.53. The van der Waals surface area contributed by atoms with Crippen LogP contribution >= 0.6 is 11.6 Å². The molecule has 1 unspecified atom stereocenters. The first-order valence-electron chi connectivity index (χ1n) is 5.96. The Balaban J connectivity index is 2.71. The van der Waals surface area contributed by atoms with Crippen LogP contribution in [0.1, 0.15) is 26.5 Å². The second-order valence-corrected chi connectivity index (χ2v) is 7.16. The smallest absolute Gasteiger partial charge is 0.179 e. The van der Waals surface area contributed by atoms with E-state index in [0.717, 1.165) is 0 Å². The Labute approximate surface area is 124 Å². The molecule has 1 N–H and O–H groups in total. The molecule has 108 valence electrons. The van der Waals surface area contributed by atoms with Crippen LogP contribution in [0.4, 0.5) is 4.39 Å². The number of rotatable bonds is 2. The highest BCUT2D eigenvalue weighted by atomic mass is 35.5. The van der Waals surface area contributed by atoms with Crippen LogP contribution in [0.15, 0.2) is 17.3 Å². The van der Waals surface area contributed by atoms with Gasteiger partial charge in [0.2, 0.25) is 0 Å². The average molecular weight is 316 g/mol. The average Bonchev–Trinajstić information content (AvgIpc) is 2.74. The molecule has 0 aliphatic carbocycles. The molecule has 0 aliphatic rings. The first-order valence-corrected chi connectivity index (χ1v) is 7.89. The van der Waals surface area contributed by atoms with Crippen molar-refractivity contribution in [2.75, 3.05) is 6.26 Å². The van der Waals surface area contributed by atoms with E-state index in [-0.39, 0.29) is 10.7 Å². The van der Waals surface area contributed by atoms with Gasteiger partial charge in [0, 0.05) is 23.4 Å². The van der Waals surface area contributed by atoms with Crippen molar-refractivity contribution < 1.29 is 8.60 Å². The van der Waals surface area contributed by atoms with Crippen LogP contribution in [0, 0.1) is 5.82 Å². The molecule has 2 aromatic heterocycles. The molecule has 7 heteroatoms. The van der Waals surface area contributed by atoms with E-state index in [1.807, 2.05) is 20.8 Å². The zero-order valence-corrected chi connectivity index (χ0v) is 13.2. The first kappa shape index (κ1) is 15.1. The topological polar surface area (TPSA) is 58.6 Å². The van der Waals surface area contributed by atoms with Crippen molar-refractivity contribution in [2.45, 2.75) is 31.2 Å². The molecule has 0 fully saturated rings. The number of hydrogen-bond acceptors (Lipinski definition) is 3. The second kappa shape index (κ2) is 5.26. The molecule has 0 radical (unpaired) electrons. The van der Waals surface area contributed by atoms with Gasteiger partial charge in [-0.15, -0.1) is 0 Å². The summed E-state index contributed by atoms with van der Waals surface area (Å²) in [6, 6.07) is 1.64. The first-order chi connectivity index (χ1) is 9.20. The lowest BCUT2D eigenvalue weighted by Gasteiger charge is -2.20. The zero-order valence-electron chi connectivity index (χ0n) is 11.6. The van der Waals surface area contributed by atoms with Crippen molar-refractivity contribution in [3.63, 3.8) is 0 Å². The second-order valence-electron chi connectivity index (χ2n) is 5.46. The van der Waals surface area contributed by atoms with Crippen LogP contribution < -0.4 is 0 Å². The van der Waals surface area contributed by atoms with Crippen LogP contribution in [0.5, 0.6) is 0 Å². The molecule has 1 atom stereocenters. The number of halogens is 2. The monoisotopic (exact) mass is 315 g/mol. The van der Waals surface area contributed by atoms with Crippen molar-refractivity contribution in [3.05, 3.63) is 28.9 Å². The fourth-order valence-electron chi connectivity index (χ4n) is 1.74. The predicted molar refractivity (Wildman–Crippen MR) is 77.8 cm³/mol. The van der Waals surface area contributed by atoms with Gasteiger partial charge < -0.3 is 4.98 Å². The summed E-state index contributed by atoms with van der Waals surface area (Å²) < 4.78 is 26.0. The fraction of sp³-hybridized carbons (Fsp3) is 0.385. The van der Waals surface area contributed by atoms with Gasteiger partial charge in [-0.3, -0.25) is 4.21 Å². The number of aromatic amines is 1. The van der Waals surface area contributed by atoms with Gasteiger partial charge in [-0.1, -0.05) is 32.4 Å². The van der Waals surface area contributed by atoms with Gasteiger partial charge in [0.15, 0.2) is 16.7 Å². The van der Waals surface area contributed by atoms with E-state index in [2.05, 4.69) is 15.0 Å². The molecule has 2 heterocycles. The minimum Gasteiger partial charge on any atom is -0.352 e. The lowest BCUT2D eigenvalue weighted by atomic mass is 9.91. The van der Waals surface area contributed by atoms with Crippen molar-refractivity contribution in [1.29, 1.82) is 0 Å². The standard InChI is InChI=1S/C13H15ClFN3OS/c1-13(2,3)10-9(15)12(20(4)19)18-11(17-10)7-5-8(14)16-6-7/h5-6,16H,1-4H3. The van der Waals surface area contributed by atoms with Gasteiger partial charge in [-0.05, 0) is 6.07 Å². The minimum absolute atomic E-state index is 0.0859. The van der Waals surface area contributed by atoms with Crippen molar-refractivity contribution in [1.82, 2.24) is 15.0 Å². The third-order valence-corrected chi connectivity index (χ3v) is 3.74. The van der Waals surface area contributed by atoms with Crippen LogP contribution in [-0.4, -0.2) is 25.4 Å². The summed E-state index contributed by atoms with van der Waals surface area (Å²) in [6.45, 7) is 5.53. The van der Waals surface area contributed by atoms with E-state index in [4.69, 9.17) is 11.6 Å². The largest absolute Gasteiger partial charge is 0.352 e. The molecule has 0 spiro atoms. The molecule has 0 saturated heterocycles. The van der Waals surface area contributed by atoms with E-state index in [9.17, 15) is 8.60 Å². The predicted octanol–water partition coefficient (Wildman–Crippen LogP) is 3.30. The maximum Gasteiger partial charge on any atom is 0.179 e. The Morgan fingerprint density at radius 2 is 2.00 bits per heavy atom. The van der Waals surface area contributed by atoms with E-state index in [1.54, 1.807) is 12.3 Å². The normalized spacial score (nSPS) is 13.5. The van der Waals surface area contributed by atoms with E-state index in [1.165, 1.54) is 6.26 Å². The molecule has 0 bridgehead atoms. The SMILES string of the molecule is CS(=O)c1nc(-c2c[nH]c(Cl)c2)nc(C(C)(C)C)c1F. The highest BCUT2D eigenvalue weighted by Crippen LogP contribution is 2.29. The number of H-pyrrole nitrogens is 1. The Hall–Kier alpha value is -1.27. The highest BCUT2D eigenvalue weighted by Gasteiger charge is 2.26. The van der Waals surface area contributed by atoms with Gasteiger partial charge in [-0.2, -0.15) is 0 Å². The summed E-state index contributed by atoms with van der Waals surface area (Å²) in [5.74, 6) is -0.298. The van der Waals surface area contributed by atoms with Crippen molar-refractivity contribution in [2.24, 2.45) is 0 Å². The van der Waals surface area contributed by atoms with Gasteiger partial charge in [0.25, 0.3) is 0 Å².